The molecule has 1 fully saturated rings. The number of pyridine rings is 1. The number of hydrogen-bond acceptors (Lipinski definition) is 5. The minimum Gasteiger partial charge on any atom is -0.486 e. The van der Waals surface area contributed by atoms with E-state index in [1.807, 2.05) is 0 Å². The lowest BCUT2D eigenvalue weighted by Crippen LogP contribution is -2.33. The van der Waals surface area contributed by atoms with E-state index in [1.165, 1.54) is 6.20 Å². The number of ether oxygens (including phenoxy) is 2. The van der Waals surface area contributed by atoms with E-state index in [0.29, 0.717) is 47.1 Å². The van der Waals surface area contributed by atoms with Gasteiger partial charge < -0.3 is 14.4 Å². The van der Waals surface area contributed by atoms with Gasteiger partial charge in [0.1, 0.15) is 23.3 Å². The third kappa shape index (κ3) is 6.91. The fraction of sp³-hybridized carbons (Fsp3) is 0.381. The summed E-state index contributed by atoms with van der Waals surface area (Å²) in [7, 11) is 0. The van der Waals surface area contributed by atoms with Crippen LogP contribution in [0.5, 0.6) is 11.5 Å². The fourth-order valence-corrected chi connectivity index (χ4v) is 3.35. The molecule has 1 unspecified atom stereocenters. The Morgan fingerprint density at radius 3 is 2.48 bits per heavy atom. The zero-order chi connectivity index (χ0) is 20.6. The molecule has 1 aliphatic heterocycles. The van der Waals surface area contributed by atoms with Gasteiger partial charge >= 0.3 is 0 Å². The zero-order valence-electron chi connectivity index (χ0n) is 15.9. The van der Waals surface area contributed by atoms with Gasteiger partial charge in [-0.3, -0.25) is 9.59 Å². The normalized spacial score (nSPS) is 15.9. The van der Waals surface area contributed by atoms with Gasteiger partial charge in [0.25, 0.3) is 5.91 Å². The standard InChI is InChI=1S/C21H22Cl2N2O4/c22-16-2-5-18(6-3-16)28-13-17(26)4-1-15-9-10-25(12-15)21(27)14-29-19-7-8-20(23)24-11-19/h2-3,5-8,11,15H,1,4,9-10,12-14H2. The number of nitrogens with zero attached hydrogens (tertiary/aromatic N) is 2. The third-order valence-electron chi connectivity index (χ3n) is 4.75. The van der Waals surface area contributed by atoms with E-state index < -0.39 is 0 Å². The quantitative estimate of drug-likeness (QED) is 0.554. The van der Waals surface area contributed by atoms with Gasteiger partial charge in [0.2, 0.25) is 0 Å². The summed E-state index contributed by atoms with van der Waals surface area (Å²) in [5.41, 5.74) is 0. The van der Waals surface area contributed by atoms with Crippen LogP contribution >= 0.6 is 23.2 Å². The maximum absolute atomic E-state index is 12.3. The molecule has 1 saturated heterocycles. The van der Waals surface area contributed by atoms with Crippen LogP contribution in [0, 0.1) is 5.92 Å². The van der Waals surface area contributed by atoms with Crippen molar-refractivity contribution >= 4 is 34.9 Å². The summed E-state index contributed by atoms with van der Waals surface area (Å²) < 4.78 is 10.9. The Morgan fingerprint density at radius 2 is 1.76 bits per heavy atom. The van der Waals surface area contributed by atoms with Crippen molar-refractivity contribution in [2.45, 2.75) is 19.3 Å². The zero-order valence-corrected chi connectivity index (χ0v) is 17.4. The first-order chi connectivity index (χ1) is 14.0. The summed E-state index contributed by atoms with van der Waals surface area (Å²) in [6, 6.07) is 10.2. The summed E-state index contributed by atoms with van der Waals surface area (Å²) in [5, 5.41) is 0.999. The van der Waals surface area contributed by atoms with Crippen LogP contribution < -0.4 is 9.47 Å². The van der Waals surface area contributed by atoms with Crippen LogP contribution in [0.1, 0.15) is 19.3 Å². The predicted octanol–water partition coefficient (Wildman–Crippen LogP) is 4.04. The molecular weight excluding hydrogens is 415 g/mol. The second kappa shape index (κ2) is 10.5. The molecule has 29 heavy (non-hydrogen) atoms. The average molecular weight is 437 g/mol. The lowest BCUT2D eigenvalue weighted by atomic mass is 10.0. The molecule has 0 radical (unpaired) electrons. The average Bonchev–Trinajstić information content (AvgIpc) is 3.20. The van der Waals surface area contributed by atoms with E-state index in [-0.39, 0.29) is 24.9 Å². The van der Waals surface area contributed by atoms with Gasteiger partial charge in [-0.15, -0.1) is 0 Å². The van der Waals surface area contributed by atoms with Gasteiger partial charge in [0.15, 0.2) is 12.4 Å². The first-order valence-corrected chi connectivity index (χ1v) is 10.2. The van der Waals surface area contributed by atoms with Crippen LogP contribution in [0.4, 0.5) is 0 Å². The van der Waals surface area contributed by atoms with Gasteiger partial charge in [0, 0.05) is 24.5 Å². The number of hydrogen-bond donors (Lipinski definition) is 0. The topological polar surface area (TPSA) is 68.7 Å². The minimum atomic E-state index is -0.0696. The molecular formula is C21H22Cl2N2O4. The van der Waals surface area contributed by atoms with Gasteiger partial charge in [0.05, 0.1) is 6.20 Å². The second-order valence-corrected chi connectivity index (χ2v) is 7.74. The first-order valence-electron chi connectivity index (χ1n) is 9.42. The second-order valence-electron chi connectivity index (χ2n) is 6.92. The van der Waals surface area contributed by atoms with Gasteiger partial charge in [-0.05, 0) is 55.2 Å². The smallest absolute Gasteiger partial charge is 0.260 e. The summed E-state index contributed by atoms with van der Waals surface area (Å²) in [6.07, 6.45) is 3.56. The van der Waals surface area contributed by atoms with Crippen LogP contribution in [0.25, 0.3) is 0 Å². The highest BCUT2D eigenvalue weighted by Gasteiger charge is 2.26. The van der Waals surface area contributed by atoms with Crippen molar-refractivity contribution in [3.8, 4) is 11.5 Å². The Balaban J connectivity index is 1.33. The lowest BCUT2D eigenvalue weighted by molar-refractivity contribution is -0.132. The summed E-state index contributed by atoms with van der Waals surface area (Å²) >= 11 is 11.5. The highest BCUT2D eigenvalue weighted by atomic mass is 35.5. The van der Waals surface area contributed by atoms with Crippen LogP contribution in [-0.2, 0) is 9.59 Å². The maximum atomic E-state index is 12.3. The Morgan fingerprint density at radius 1 is 1.03 bits per heavy atom. The van der Waals surface area contributed by atoms with Crippen molar-refractivity contribution in [3.05, 3.63) is 52.8 Å². The monoisotopic (exact) mass is 436 g/mol. The molecule has 154 valence electrons. The third-order valence-corrected chi connectivity index (χ3v) is 5.22. The van der Waals surface area contributed by atoms with E-state index in [4.69, 9.17) is 32.7 Å². The molecule has 0 N–H and O–H groups in total. The number of amides is 1. The number of benzene rings is 1. The van der Waals surface area contributed by atoms with E-state index in [1.54, 1.807) is 41.3 Å². The Bertz CT molecular complexity index is 828. The molecule has 2 aromatic rings. The summed E-state index contributed by atoms with van der Waals surface area (Å²) in [5.74, 6) is 1.42. The molecule has 3 rings (SSSR count). The molecule has 1 aliphatic rings. The van der Waals surface area contributed by atoms with Crippen LogP contribution in [-0.4, -0.2) is 47.9 Å². The minimum absolute atomic E-state index is 0.0378. The molecule has 1 aromatic heterocycles. The number of Topliss-reactive ketones (excluding diaryl/α,β-unsaturated/α-hetero) is 1. The van der Waals surface area contributed by atoms with Crippen molar-refractivity contribution in [1.82, 2.24) is 9.88 Å². The van der Waals surface area contributed by atoms with Crippen molar-refractivity contribution in [3.63, 3.8) is 0 Å². The van der Waals surface area contributed by atoms with Gasteiger partial charge in [-0.2, -0.15) is 0 Å². The molecule has 1 atom stereocenters. The molecule has 6 nitrogen and oxygen atoms in total. The molecule has 0 saturated carbocycles. The lowest BCUT2D eigenvalue weighted by Gasteiger charge is -2.17. The van der Waals surface area contributed by atoms with Crippen molar-refractivity contribution in [2.24, 2.45) is 5.92 Å². The number of carbonyl (C=O) groups is 2. The highest BCUT2D eigenvalue weighted by Crippen LogP contribution is 2.22. The van der Waals surface area contributed by atoms with E-state index in [0.717, 1.165) is 12.8 Å². The first kappa shape index (κ1) is 21.4. The van der Waals surface area contributed by atoms with E-state index in [9.17, 15) is 9.59 Å². The van der Waals surface area contributed by atoms with Gasteiger partial charge in [-0.25, -0.2) is 4.98 Å². The number of ketones is 1. The largest absolute Gasteiger partial charge is 0.486 e. The fourth-order valence-electron chi connectivity index (χ4n) is 3.11. The number of likely N-dealkylation sites (tertiary alicyclic amines) is 1. The Kier molecular flexibility index (Phi) is 7.72. The van der Waals surface area contributed by atoms with E-state index in [2.05, 4.69) is 4.98 Å². The number of halogens is 2. The number of rotatable bonds is 9. The molecule has 2 heterocycles. The molecule has 1 aromatic carbocycles. The van der Waals surface area contributed by atoms with Crippen molar-refractivity contribution in [2.75, 3.05) is 26.3 Å². The van der Waals surface area contributed by atoms with Crippen LogP contribution in [0.3, 0.4) is 0 Å². The summed E-state index contributed by atoms with van der Waals surface area (Å²) in [4.78, 5) is 30.1. The molecule has 0 spiro atoms. The van der Waals surface area contributed by atoms with Crippen molar-refractivity contribution in [1.29, 1.82) is 0 Å². The van der Waals surface area contributed by atoms with E-state index >= 15 is 0 Å². The SMILES string of the molecule is O=C(CCC1CCN(C(=O)COc2ccc(Cl)nc2)C1)COc1ccc(Cl)cc1. The molecule has 0 aliphatic carbocycles. The number of carbonyl (C=O) groups excluding carboxylic acids is 2. The summed E-state index contributed by atoms with van der Waals surface area (Å²) in [6.45, 7) is 1.33. The Labute approximate surface area is 179 Å². The van der Waals surface area contributed by atoms with Crippen LogP contribution in [0.2, 0.25) is 10.2 Å². The number of aromatic nitrogens is 1. The van der Waals surface area contributed by atoms with Crippen molar-refractivity contribution < 1.29 is 19.1 Å². The van der Waals surface area contributed by atoms with Crippen LogP contribution in [0.15, 0.2) is 42.6 Å². The molecule has 8 heteroatoms. The highest BCUT2D eigenvalue weighted by molar-refractivity contribution is 6.30. The van der Waals surface area contributed by atoms with Gasteiger partial charge in [-0.1, -0.05) is 23.2 Å². The predicted molar refractivity (Wildman–Crippen MR) is 111 cm³/mol. The molecule has 1 amide bonds. The Hall–Kier alpha value is -2.31. The maximum Gasteiger partial charge on any atom is 0.260 e. The molecule has 0 bridgehead atoms.